The van der Waals surface area contributed by atoms with Gasteiger partial charge in [-0.2, -0.15) is 4.98 Å². The second-order valence-electron chi connectivity index (χ2n) is 6.63. The summed E-state index contributed by atoms with van der Waals surface area (Å²) in [5.74, 6) is 0.313. The zero-order valence-electron chi connectivity index (χ0n) is 15.8. The van der Waals surface area contributed by atoms with Crippen LogP contribution in [0.1, 0.15) is 24.4 Å². The zero-order chi connectivity index (χ0) is 20.4. The second kappa shape index (κ2) is 7.71. The fourth-order valence-corrected chi connectivity index (χ4v) is 3.38. The number of amides is 2. The van der Waals surface area contributed by atoms with Gasteiger partial charge in [-0.3, -0.25) is 4.90 Å². The Morgan fingerprint density at radius 1 is 1.24 bits per heavy atom. The van der Waals surface area contributed by atoms with Crippen LogP contribution in [0.5, 0.6) is 0 Å². The van der Waals surface area contributed by atoms with Crippen molar-refractivity contribution in [3.63, 3.8) is 0 Å². The minimum atomic E-state index is -0.622. The molecule has 1 N–H and O–H groups in total. The Kier molecular flexibility index (Phi) is 4.95. The molecule has 1 aromatic heterocycles. The van der Waals surface area contributed by atoms with Gasteiger partial charge in [-0.05, 0) is 24.6 Å². The molecule has 1 atom stereocenters. The third-order valence-electron chi connectivity index (χ3n) is 4.78. The minimum absolute atomic E-state index is 0.268. The van der Waals surface area contributed by atoms with E-state index in [1.807, 2.05) is 30.3 Å². The van der Waals surface area contributed by atoms with Crippen LogP contribution in [-0.2, 0) is 0 Å². The third kappa shape index (κ3) is 3.54. The largest absolute Gasteiger partial charge is 0.334 e. The number of carbonyl (C=O) groups excluding carboxylic acids is 1. The molecular weight excluding hydrogens is 371 g/mol. The molecule has 2 heterocycles. The first-order valence-corrected chi connectivity index (χ1v) is 9.13. The van der Waals surface area contributed by atoms with Gasteiger partial charge in [0.2, 0.25) is 5.82 Å². The molecule has 1 aliphatic heterocycles. The number of nitrogens with zero attached hydrogens (tertiary/aromatic N) is 3. The van der Waals surface area contributed by atoms with Crippen molar-refractivity contribution in [2.24, 2.45) is 0 Å². The highest BCUT2D eigenvalue weighted by molar-refractivity contribution is 5.87. The summed E-state index contributed by atoms with van der Waals surface area (Å²) in [6.45, 7) is 5.83. The van der Waals surface area contributed by atoms with Gasteiger partial charge < -0.3 is 9.84 Å². The molecule has 0 bridgehead atoms. The van der Waals surface area contributed by atoms with E-state index in [0.29, 0.717) is 29.2 Å². The number of benzene rings is 2. The Labute approximate surface area is 167 Å². The molecule has 2 amide bonds. The number of carbonyl (C=O) groups is 1. The average molecular weight is 390 g/mol. The van der Waals surface area contributed by atoms with Crippen molar-refractivity contribution in [3.8, 4) is 11.4 Å². The first kappa shape index (κ1) is 18.6. The van der Waals surface area contributed by atoms with Crippen molar-refractivity contribution in [3.05, 3.63) is 90.2 Å². The molecule has 0 saturated heterocycles. The summed E-state index contributed by atoms with van der Waals surface area (Å²) < 4.78 is 19.4. The van der Waals surface area contributed by atoms with E-state index < -0.39 is 11.9 Å². The lowest BCUT2D eigenvalue weighted by molar-refractivity contribution is 0.209. The quantitative estimate of drug-likeness (QED) is 0.649. The van der Waals surface area contributed by atoms with Crippen molar-refractivity contribution in [1.29, 1.82) is 0 Å². The Bertz CT molecular complexity index is 1090. The molecule has 1 unspecified atom stereocenters. The first-order chi connectivity index (χ1) is 14.1. The van der Waals surface area contributed by atoms with Gasteiger partial charge in [0, 0.05) is 17.8 Å². The van der Waals surface area contributed by atoms with E-state index in [4.69, 9.17) is 4.52 Å². The molecule has 2 aromatic carbocycles. The molecular formula is C22H19FN4O2. The molecule has 0 saturated carbocycles. The van der Waals surface area contributed by atoms with Crippen molar-refractivity contribution in [2.45, 2.75) is 13.0 Å². The van der Waals surface area contributed by atoms with Crippen LogP contribution in [0.25, 0.3) is 17.0 Å². The molecule has 7 heteroatoms. The summed E-state index contributed by atoms with van der Waals surface area (Å²) in [4.78, 5) is 18.7. The molecule has 4 rings (SSSR count). The van der Waals surface area contributed by atoms with Crippen LogP contribution in [0.2, 0.25) is 0 Å². The number of halogens is 1. The number of rotatable bonds is 5. The Hall–Kier alpha value is -3.74. The summed E-state index contributed by atoms with van der Waals surface area (Å²) in [5, 5.41) is 7.00. The minimum Gasteiger partial charge on any atom is -0.334 e. The Balaban J connectivity index is 1.84. The van der Waals surface area contributed by atoms with E-state index >= 15 is 0 Å². The molecule has 0 aliphatic carbocycles. The van der Waals surface area contributed by atoms with Gasteiger partial charge in [-0.1, -0.05) is 53.7 Å². The normalized spacial score (nSPS) is 16.7. The van der Waals surface area contributed by atoms with E-state index in [9.17, 15) is 9.18 Å². The topological polar surface area (TPSA) is 71.3 Å². The monoisotopic (exact) mass is 390 g/mol. The van der Waals surface area contributed by atoms with Crippen molar-refractivity contribution < 1.29 is 13.7 Å². The van der Waals surface area contributed by atoms with E-state index in [1.54, 1.807) is 25.1 Å². The summed E-state index contributed by atoms with van der Waals surface area (Å²) in [6, 6.07) is 14.6. The molecule has 29 heavy (non-hydrogen) atoms. The van der Waals surface area contributed by atoms with Crippen LogP contribution in [0.15, 0.2) is 77.5 Å². The molecule has 146 valence electrons. The predicted molar refractivity (Wildman–Crippen MR) is 107 cm³/mol. The average Bonchev–Trinajstić information content (AvgIpc) is 3.21. The van der Waals surface area contributed by atoms with E-state index in [-0.39, 0.29) is 11.9 Å². The van der Waals surface area contributed by atoms with Gasteiger partial charge in [0.15, 0.2) is 0 Å². The predicted octanol–water partition coefficient (Wildman–Crippen LogP) is 4.56. The van der Waals surface area contributed by atoms with Crippen molar-refractivity contribution >= 4 is 11.6 Å². The van der Waals surface area contributed by atoms with Gasteiger partial charge in [-0.25, -0.2) is 9.18 Å². The first-order valence-electron chi connectivity index (χ1n) is 9.13. The summed E-state index contributed by atoms with van der Waals surface area (Å²) in [7, 11) is 0. The Morgan fingerprint density at radius 3 is 2.76 bits per heavy atom. The number of hydrogen-bond donors (Lipinski definition) is 1. The van der Waals surface area contributed by atoms with Gasteiger partial charge in [-0.15, -0.1) is 6.58 Å². The summed E-state index contributed by atoms with van der Waals surface area (Å²) in [6.07, 6.45) is 1.63. The molecule has 0 spiro atoms. The van der Waals surface area contributed by atoms with Gasteiger partial charge >= 0.3 is 6.03 Å². The Morgan fingerprint density at radius 2 is 2.03 bits per heavy atom. The number of hydrogen-bond acceptors (Lipinski definition) is 4. The fourth-order valence-electron chi connectivity index (χ4n) is 3.38. The van der Waals surface area contributed by atoms with Crippen LogP contribution >= 0.6 is 0 Å². The highest BCUT2D eigenvalue weighted by Gasteiger charge is 2.35. The molecule has 3 aromatic rings. The molecule has 0 radical (unpaired) electrons. The second-order valence-corrected chi connectivity index (χ2v) is 6.63. The molecule has 6 nitrogen and oxygen atoms in total. The van der Waals surface area contributed by atoms with Gasteiger partial charge in [0.05, 0.1) is 11.6 Å². The SMILES string of the molecule is C=CCN1C(=O)NC(c2cccc(F)c2)C(c2nc(-c3ccccc3)no2)=C1C. The van der Waals surface area contributed by atoms with E-state index in [1.165, 1.54) is 17.0 Å². The van der Waals surface area contributed by atoms with Crippen molar-refractivity contribution in [1.82, 2.24) is 20.4 Å². The summed E-state index contributed by atoms with van der Waals surface area (Å²) in [5.41, 5.74) is 2.66. The lowest BCUT2D eigenvalue weighted by Crippen LogP contribution is -2.46. The lowest BCUT2D eigenvalue weighted by atomic mass is 9.94. The third-order valence-corrected chi connectivity index (χ3v) is 4.78. The lowest BCUT2D eigenvalue weighted by Gasteiger charge is -2.34. The maximum atomic E-state index is 13.9. The summed E-state index contributed by atoms with van der Waals surface area (Å²) >= 11 is 0. The fraction of sp³-hybridized carbons (Fsp3) is 0.136. The smallest absolute Gasteiger partial charge is 0.322 e. The van der Waals surface area contributed by atoms with Crippen LogP contribution in [0, 0.1) is 5.82 Å². The highest BCUT2D eigenvalue weighted by atomic mass is 19.1. The van der Waals surface area contributed by atoms with Crippen LogP contribution in [0.4, 0.5) is 9.18 Å². The van der Waals surface area contributed by atoms with Crippen LogP contribution in [-0.4, -0.2) is 27.6 Å². The number of urea groups is 1. The van der Waals surface area contributed by atoms with Crippen LogP contribution < -0.4 is 5.32 Å². The highest BCUT2D eigenvalue weighted by Crippen LogP contribution is 2.37. The maximum Gasteiger partial charge on any atom is 0.322 e. The van der Waals surface area contributed by atoms with Crippen LogP contribution in [0.3, 0.4) is 0 Å². The number of allylic oxidation sites excluding steroid dienone is 1. The zero-order valence-corrected chi connectivity index (χ0v) is 15.8. The van der Waals surface area contributed by atoms with E-state index in [2.05, 4.69) is 22.0 Å². The van der Waals surface area contributed by atoms with Gasteiger partial charge in [0.25, 0.3) is 5.89 Å². The number of nitrogens with one attached hydrogen (secondary N) is 1. The standard InChI is InChI=1S/C22H19FN4O2/c1-3-12-27-14(2)18(19(24-22(27)28)16-10-7-11-17(23)13-16)21-25-20(26-29-21)15-8-5-4-6-9-15/h3-11,13,19H,1,12H2,2H3,(H,24,28). The van der Waals surface area contributed by atoms with Gasteiger partial charge in [0.1, 0.15) is 5.82 Å². The molecule has 0 fully saturated rings. The maximum absolute atomic E-state index is 13.9. The van der Waals surface area contributed by atoms with E-state index in [0.717, 1.165) is 5.56 Å². The van der Waals surface area contributed by atoms with Crippen molar-refractivity contribution in [2.75, 3.05) is 6.54 Å². The number of aromatic nitrogens is 2. The molecule has 1 aliphatic rings.